The van der Waals surface area contributed by atoms with Crippen molar-refractivity contribution in [1.82, 2.24) is 0 Å². The molecule has 0 spiro atoms. The minimum absolute atomic E-state index is 0.0603. The molecule has 2 aromatic rings. The molecule has 0 unspecified atom stereocenters. The smallest absolute Gasteiger partial charge is 0.206 e. The molecule has 6 nitrogen and oxygen atoms in total. The van der Waals surface area contributed by atoms with Crippen LogP contribution >= 0.6 is 23.2 Å². The lowest BCUT2D eigenvalue weighted by Gasteiger charge is -2.11. The van der Waals surface area contributed by atoms with Gasteiger partial charge in [0.05, 0.1) is 42.6 Å². The zero-order valence-electron chi connectivity index (χ0n) is 10.6. The average Bonchev–Trinajstić information content (AvgIpc) is 2.40. The minimum Gasteiger partial charge on any atom is -0.397 e. The second kappa shape index (κ2) is 5.18. The molecular formula is C12H12Cl2N4O2S. The maximum absolute atomic E-state index is 12.6. The first-order valence-corrected chi connectivity index (χ1v) is 7.82. The molecule has 0 heterocycles. The van der Waals surface area contributed by atoms with Gasteiger partial charge in [-0.3, -0.25) is 0 Å². The van der Waals surface area contributed by atoms with E-state index in [-0.39, 0.29) is 42.6 Å². The topological polar surface area (TPSA) is 138 Å². The van der Waals surface area contributed by atoms with Crippen molar-refractivity contribution in [3.8, 4) is 0 Å². The molecule has 0 aromatic heterocycles. The van der Waals surface area contributed by atoms with E-state index in [1.807, 2.05) is 0 Å². The van der Waals surface area contributed by atoms with Crippen LogP contribution in [0.5, 0.6) is 0 Å². The van der Waals surface area contributed by atoms with Gasteiger partial charge in [0.25, 0.3) is 0 Å². The molecule has 2 aromatic carbocycles. The molecule has 0 aliphatic rings. The summed E-state index contributed by atoms with van der Waals surface area (Å²) in [6, 6.07) is 4.87. The Hall–Kier alpha value is -1.83. The highest BCUT2D eigenvalue weighted by Gasteiger charge is 2.22. The van der Waals surface area contributed by atoms with Gasteiger partial charge in [-0.2, -0.15) is 0 Å². The molecule has 9 heteroatoms. The lowest BCUT2D eigenvalue weighted by atomic mass is 10.3. The van der Waals surface area contributed by atoms with E-state index in [1.54, 1.807) is 0 Å². The van der Waals surface area contributed by atoms with E-state index >= 15 is 0 Å². The van der Waals surface area contributed by atoms with E-state index in [0.717, 1.165) is 0 Å². The van der Waals surface area contributed by atoms with E-state index in [0.29, 0.717) is 0 Å². The number of nitrogen functional groups attached to an aromatic ring is 4. The fourth-order valence-electron chi connectivity index (χ4n) is 1.73. The molecule has 0 bridgehead atoms. The third-order valence-corrected chi connectivity index (χ3v) is 5.41. The van der Waals surface area contributed by atoms with Crippen molar-refractivity contribution < 1.29 is 8.42 Å². The van der Waals surface area contributed by atoms with Crippen molar-refractivity contribution in [1.29, 1.82) is 0 Å². The summed E-state index contributed by atoms with van der Waals surface area (Å²) in [4.78, 5) is -0.217. The van der Waals surface area contributed by atoms with Gasteiger partial charge < -0.3 is 22.9 Å². The second-order valence-corrected chi connectivity index (χ2v) is 7.04. The van der Waals surface area contributed by atoms with Gasteiger partial charge in [-0.15, -0.1) is 0 Å². The van der Waals surface area contributed by atoms with E-state index < -0.39 is 9.84 Å². The summed E-state index contributed by atoms with van der Waals surface area (Å²) in [5.41, 5.74) is 22.8. The van der Waals surface area contributed by atoms with Gasteiger partial charge >= 0.3 is 0 Å². The minimum atomic E-state index is -3.90. The molecule has 0 fully saturated rings. The van der Waals surface area contributed by atoms with E-state index in [2.05, 4.69) is 0 Å². The summed E-state index contributed by atoms with van der Waals surface area (Å²) >= 11 is 11.6. The van der Waals surface area contributed by atoms with Crippen molar-refractivity contribution >= 4 is 55.8 Å². The monoisotopic (exact) mass is 346 g/mol. The van der Waals surface area contributed by atoms with Crippen molar-refractivity contribution in [3.63, 3.8) is 0 Å². The molecule has 0 atom stereocenters. The Morgan fingerprint density at radius 1 is 0.667 bits per heavy atom. The fourth-order valence-corrected chi connectivity index (χ4v) is 3.35. The summed E-state index contributed by atoms with van der Waals surface area (Å²) in [5.74, 6) is 0. The van der Waals surface area contributed by atoms with E-state index in [1.165, 1.54) is 24.3 Å². The first-order chi connectivity index (χ1) is 9.64. The van der Waals surface area contributed by atoms with Crippen molar-refractivity contribution in [2.45, 2.75) is 9.79 Å². The number of sulfone groups is 1. The van der Waals surface area contributed by atoms with Gasteiger partial charge in [-0.1, -0.05) is 23.2 Å². The van der Waals surface area contributed by atoms with Crippen LogP contribution in [0.15, 0.2) is 34.1 Å². The quantitative estimate of drug-likeness (QED) is 0.614. The molecule has 2 rings (SSSR count). The summed E-state index contributed by atoms with van der Waals surface area (Å²) < 4.78 is 25.1. The van der Waals surface area contributed by atoms with Crippen LogP contribution < -0.4 is 22.9 Å². The van der Waals surface area contributed by atoms with Gasteiger partial charge in [0.1, 0.15) is 0 Å². The lowest BCUT2D eigenvalue weighted by molar-refractivity contribution is 0.596. The molecule has 21 heavy (non-hydrogen) atoms. The number of rotatable bonds is 2. The van der Waals surface area contributed by atoms with Crippen LogP contribution in [0.3, 0.4) is 0 Å². The molecule has 112 valence electrons. The van der Waals surface area contributed by atoms with Gasteiger partial charge in [0.2, 0.25) is 9.84 Å². The van der Waals surface area contributed by atoms with Crippen LogP contribution in [0.2, 0.25) is 10.0 Å². The molecule has 8 N–H and O–H groups in total. The molecule has 0 amide bonds. The number of anilines is 4. The summed E-state index contributed by atoms with van der Waals surface area (Å²) in [6.45, 7) is 0. The standard InChI is InChI=1S/C12H12Cl2N4O2S/c13-11-7(15)1-5(2-8(11)16)21(19,20)6-3-9(17)12(14)10(18)4-6/h1-4H,15-18H2. The van der Waals surface area contributed by atoms with Crippen molar-refractivity contribution in [2.24, 2.45) is 0 Å². The van der Waals surface area contributed by atoms with Crippen LogP contribution in [-0.4, -0.2) is 8.42 Å². The summed E-state index contributed by atoms with van der Waals surface area (Å²) in [7, 11) is -3.90. The zero-order chi connectivity index (χ0) is 15.9. The van der Waals surface area contributed by atoms with Crippen LogP contribution in [0.1, 0.15) is 0 Å². The number of nitrogens with two attached hydrogens (primary N) is 4. The predicted octanol–water partition coefficient (Wildman–Crippen LogP) is 2.16. The normalized spacial score (nSPS) is 11.5. The zero-order valence-corrected chi connectivity index (χ0v) is 12.9. The Kier molecular flexibility index (Phi) is 3.83. The van der Waals surface area contributed by atoms with Crippen LogP contribution in [0.4, 0.5) is 22.7 Å². The van der Waals surface area contributed by atoms with Crippen LogP contribution in [0.25, 0.3) is 0 Å². The third-order valence-electron chi connectivity index (χ3n) is 2.83. The van der Waals surface area contributed by atoms with Gasteiger partial charge in [0, 0.05) is 0 Å². The number of benzene rings is 2. The molecule has 0 radical (unpaired) electrons. The van der Waals surface area contributed by atoms with E-state index in [4.69, 9.17) is 46.1 Å². The summed E-state index contributed by atoms with van der Waals surface area (Å²) in [5, 5.41) is 0.202. The van der Waals surface area contributed by atoms with Crippen molar-refractivity contribution in [2.75, 3.05) is 22.9 Å². The first kappa shape index (κ1) is 15.6. The van der Waals surface area contributed by atoms with Crippen LogP contribution in [0, 0.1) is 0 Å². The Labute approximate surface area is 131 Å². The molecular weight excluding hydrogens is 335 g/mol. The van der Waals surface area contributed by atoms with Gasteiger partial charge in [-0.25, -0.2) is 8.42 Å². The highest BCUT2D eigenvalue weighted by molar-refractivity contribution is 7.91. The second-order valence-electron chi connectivity index (χ2n) is 4.33. The molecule has 0 aliphatic heterocycles. The Balaban J connectivity index is 2.68. The third kappa shape index (κ3) is 2.67. The maximum atomic E-state index is 12.6. The fraction of sp³-hybridized carbons (Fsp3) is 0. The summed E-state index contributed by atoms with van der Waals surface area (Å²) in [6.07, 6.45) is 0. The SMILES string of the molecule is Nc1cc(S(=O)(=O)c2cc(N)c(Cl)c(N)c2)cc(N)c1Cl. The number of hydrogen-bond acceptors (Lipinski definition) is 6. The average molecular weight is 347 g/mol. The highest BCUT2D eigenvalue weighted by atomic mass is 35.5. The number of hydrogen-bond donors (Lipinski definition) is 4. The Bertz CT molecular complexity index is 728. The van der Waals surface area contributed by atoms with Gasteiger partial charge in [-0.05, 0) is 24.3 Å². The largest absolute Gasteiger partial charge is 0.397 e. The van der Waals surface area contributed by atoms with Gasteiger partial charge in [0.15, 0.2) is 0 Å². The molecule has 0 aliphatic carbocycles. The molecule has 0 saturated carbocycles. The predicted molar refractivity (Wildman–Crippen MR) is 86.0 cm³/mol. The maximum Gasteiger partial charge on any atom is 0.206 e. The lowest BCUT2D eigenvalue weighted by Crippen LogP contribution is -2.06. The first-order valence-electron chi connectivity index (χ1n) is 5.58. The van der Waals surface area contributed by atoms with Crippen molar-refractivity contribution in [3.05, 3.63) is 34.3 Å². The van der Waals surface area contributed by atoms with E-state index in [9.17, 15) is 8.42 Å². The Morgan fingerprint density at radius 3 is 1.14 bits per heavy atom. The van der Waals surface area contributed by atoms with Crippen LogP contribution in [-0.2, 0) is 9.84 Å². The molecule has 0 saturated heterocycles. The highest BCUT2D eigenvalue weighted by Crippen LogP contribution is 2.35. The number of halogens is 2. The Morgan fingerprint density at radius 2 is 0.905 bits per heavy atom.